The highest BCUT2D eigenvalue weighted by Crippen LogP contribution is 2.46. The van der Waals surface area contributed by atoms with Crippen LogP contribution in [0.3, 0.4) is 0 Å². The van der Waals surface area contributed by atoms with Crippen LogP contribution in [0.1, 0.15) is 66.6 Å². The number of amides is 1. The first-order valence-corrected chi connectivity index (χ1v) is 13.6. The highest BCUT2D eigenvalue weighted by atomic mass is 35.5. The predicted molar refractivity (Wildman–Crippen MR) is 136 cm³/mol. The maximum absolute atomic E-state index is 14.6. The van der Waals surface area contributed by atoms with Crippen molar-refractivity contribution in [1.29, 1.82) is 0 Å². The Morgan fingerprint density at radius 3 is 2.41 bits per heavy atom. The van der Waals surface area contributed by atoms with Gasteiger partial charge in [-0.1, -0.05) is 44.3 Å². The fraction of sp³-hybridized carbons (Fsp3) is 0.500. The lowest BCUT2D eigenvalue weighted by Gasteiger charge is -2.48. The SMILES string of the molecule is CC.CSNC(=O)c1cc(C2CC2)c(OCC2(C)CN(Cc3cc(C(F)(F)F)cc(Cl)c3F)C2)cc1F. The first-order chi connectivity index (χ1) is 17.4. The van der Waals surface area contributed by atoms with Crippen LogP contribution in [0.4, 0.5) is 22.0 Å². The quantitative estimate of drug-likeness (QED) is 0.267. The Kier molecular flexibility index (Phi) is 9.40. The van der Waals surface area contributed by atoms with Gasteiger partial charge in [0.2, 0.25) is 0 Å². The number of halogens is 6. The number of nitrogens with zero attached hydrogens (tertiary/aromatic N) is 1. The van der Waals surface area contributed by atoms with Crippen LogP contribution in [-0.2, 0) is 12.7 Å². The van der Waals surface area contributed by atoms with E-state index in [-0.39, 0.29) is 35.6 Å². The number of ether oxygens (including phenoxy) is 1. The molecule has 0 atom stereocenters. The zero-order valence-corrected chi connectivity index (χ0v) is 22.6. The number of carbonyl (C=O) groups is 1. The average molecular weight is 565 g/mol. The molecular weight excluding hydrogens is 535 g/mol. The Morgan fingerprint density at radius 1 is 1.19 bits per heavy atom. The minimum absolute atomic E-state index is 0.0216. The third-order valence-electron chi connectivity index (χ3n) is 6.17. The molecule has 11 heteroatoms. The van der Waals surface area contributed by atoms with Crippen molar-refractivity contribution in [2.45, 2.75) is 52.3 Å². The van der Waals surface area contributed by atoms with E-state index in [2.05, 4.69) is 4.72 Å². The summed E-state index contributed by atoms with van der Waals surface area (Å²) in [6, 6.07) is 4.15. The van der Waals surface area contributed by atoms with Crippen LogP contribution < -0.4 is 9.46 Å². The molecule has 0 radical (unpaired) electrons. The standard InChI is InChI=1S/C24H24ClF5N2O2S.C2H6/c1-23(10-32(11-23)9-14-5-15(24(28,29)30)6-18(25)21(14)27)12-34-20-8-19(26)17(22(33)31-35-2)7-16(20)13-3-4-13;1-2/h5-8,13H,3-4,9-12H2,1-2H3,(H,31,33);1-2H3. The summed E-state index contributed by atoms with van der Waals surface area (Å²) < 4.78 is 76.6. The van der Waals surface area contributed by atoms with E-state index in [1.807, 2.05) is 20.8 Å². The first kappa shape index (κ1) is 29.5. The van der Waals surface area contributed by atoms with Crippen molar-refractivity contribution >= 4 is 29.5 Å². The lowest BCUT2D eigenvalue weighted by molar-refractivity contribution is -0.137. The molecule has 1 saturated carbocycles. The molecule has 0 spiro atoms. The summed E-state index contributed by atoms with van der Waals surface area (Å²) in [4.78, 5) is 13.9. The maximum Gasteiger partial charge on any atom is 0.416 e. The Balaban J connectivity index is 0.00000186. The van der Waals surface area contributed by atoms with Crippen molar-refractivity contribution in [3.63, 3.8) is 0 Å². The third kappa shape index (κ3) is 7.09. The Bertz CT molecular complexity index is 1130. The van der Waals surface area contributed by atoms with E-state index in [1.165, 1.54) is 6.07 Å². The molecular formula is C26H30ClF5N2O2S. The summed E-state index contributed by atoms with van der Waals surface area (Å²) in [5.41, 5.74) is -0.706. The van der Waals surface area contributed by atoms with E-state index < -0.39 is 34.3 Å². The number of alkyl halides is 3. The maximum atomic E-state index is 14.6. The molecule has 0 bridgehead atoms. The normalized spacial score (nSPS) is 16.9. The van der Waals surface area contributed by atoms with E-state index in [1.54, 1.807) is 17.2 Å². The van der Waals surface area contributed by atoms with Gasteiger partial charge in [-0.2, -0.15) is 13.2 Å². The molecule has 1 heterocycles. The number of hydrogen-bond acceptors (Lipinski definition) is 4. The molecule has 2 fully saturated rings. The zero-order valence-electron chi connectivity index (χ0n) is 21.1. The van der Waals surface area contributed by atoms with Crippen molar-refractivity contribution in [2.75, 3.05) is 26.0 Å². The van der Waals surface area contributed by atoms with Gasteiger partial charge in [-0.3, -0.25) is 14.4 Å². The van der Waals surface area contributed by atoms with Gasteiger partial charge in [-0.25, -0.2) is 8.78 Å². The van der Waals surface area contributed by atoms with Gasteiger partial charge in [0.25, 0.3) is 5.91 Å². The van der Waals surface area contributed by atoms with E-state index >= 15 is 0 Å². The number of rotatable bonds is 8. The van der Waals surface area contributed by atoms with Crippen LogP contribution in [0, 0.1) is 17.0 Å². The number of hydrogen-bond donors (Lipinski definition) is 1. The van der Waals surface area contributed by atoms with Gasteiger partial charge in [0.1, 0.15) is 17.4 Å². The number of benzene rings is 2. The zero-order chi connectivity index (χ0) is 27.5. The highest BCUT2D eigenvalue weighted by Gasteiger charge is 2.41. The topological polar surface area (TPSA) is 41.6 Å². The molecule has 0 aromatic heterocycles. The molecule has 1 aliphatic carbocycles. The molecule has 1 aliphatic heterocycles. The largest absolute Gasteiger partial charge is 0.493 e. The second kappa shape index (κ2) is 11.8. The molecule has 0 unspecified atom stereocenters. The van der Waals surface area contributed by atoms with Gasteiger partial charge < -0.3 is 4.74 Å². The summed E-state index contributed by atoms with van der Waals surface area (Å²) >= 11 is 6.77. The average Bonchev–Trinajstić information content (AvgIpc) is 3.65. The van der Waals surface area contributed by atoms with Crippen molar-refractivity contribution < 1.29 is 31.5 Å². The Morgan fingerprint density at radius 2 is 1.84 bits per heavy atom. The molecule has 4 rings (SSSR count). The summed E-state index contributed by atoms with van der Waals surface area (Å²) in [7, 11) is 0. The highest BCUT2D eigenvalue weighted by molar-refractivity contribution is 7.97. The van der Waals surface area contributed by atoms with Gasteiger partial charge >= 0.3 is 6.18 Å². The summed E-state index contributed by atoms with van der Waals surface area (Å²) in [6.45, 7) is 7.06. The molecule has 1 N–H and O–H groups in total. The minimum Gasteiger partial charge on any atom is -0.493 e. The number of likely N-dealkylation sites (tertiary alicyclic amines) is 1. The van der Waals surface area contributed by atoms with Crippen LogP contribution in [0.2, 0.25) is 5.02 Å². The second-order valence-electron chi connectivity index (χ2n) is 9.45. The number of nitrogens with one attached hydrogen (secondary N) is 1. The molecule has 4 nitrogen and oxygen atoms in total. The molecule has 2 aliphatic rings. The lowest BCUT2D eigenvalue weighted by atomic mass is 9.82. The predicted octanol–water partition coefficient (Wildman–Crippen LogP) is 7.45. The van der Waals surface area contributed by atoms with E-state index in [0.717, 1.165) is 36.4 Å². The van der Waals surface area contributed by atoms with Gasteiger partial charge in [0.05, 0.1) is 22.8 Å². The summed E-state index contributed by atoms with van der Waals surface area (Å²) in [5.74, 6) is -1.44. The third-order valence-corrected chi connectivity index (χ3v) is 6.83. The summed E-state index contributed by atoms with van der Waals surface area (Å²) in [5, 5.41) is -0.564. The second-order valence-corrected chi connectivity index (χ2v) is 10.5. The monoisotopic (exact) mass is 564 g/mol. The van der Waals surface area contributed by atoms with Gasteiger partial charge in [0.15, 0.2) is 0 Å². The molecule has 2 aromatic carbocycles. The molecule has 1 saturated heterocycles. The van der Waals surface area contributed by atoms with Crippen molar-refractivity contribution in [2.24, 2.45) is 5.41 Å². The fourth-order valence-electron chi connectivity index (χ4n) is 4.39. The Hall–Kier alpha value is -2.04. The van der Waals surface area contributed by atoms with Crippen molar-refractivity contribution in [3.8, 4) is 5.75 Å². The van der Waals surface area contributed by atoms with Crippen molar-refractivity contribution in [1.82, 2.24) is 9.62 Å². The summed E-state index contributed by atoms with van der Waals surface area (Å²) in [6.07, 6.45) is -1.08. The van der Waals surface area contributed by atoms with Crippen LogP contribution in [0.5, 0.6) is 5.75 Å². The van der Waals surface area contributed by atoms with Crippen LogP contribution >= 0.6 is 23.5 Å². The first-order valence-electron chi connectivity index (χ1n) is 12.0. The molecule has 1 amide bonds. The van der Waals surface area contributed by atoms with Gasteiger partial charge in [-0.05, 0) is 42.5 Å². The lowest BCUT2D eigenvalue weighted by Crippen LogP contribution is -2.56. The van der Waals surface area contributed by atoms with Gasteiger partial charge in [-0.15, -0.1) is 0 Å². The van der Waals surface area contributed by atoms with Crippen LogP contribution in [0.25, 0.3) is 0 Å². The van der Waals surface area contributed by atoms with Crippen LogP contribution in [0.15, 0.2) is 24.3 Å². The Labute approximate surface area is 223 Å². The molecule has 2 aromatic rings. The van der Waals surface area contributed by atoms with Crippen molar-refractivity contribution in [3.05, 3.63) is 63.2 Å². The molecule has 37 heavy (non-hydrogen) atoms. The van der Waals surface area contributed by atoms with E-state index in [0.29, 0.717) is 24.9 Å². The molecule has 204 valence electrons. The smallest absolute Gasteiger partial charge is 0.416 e. The fourth-order valence-corrected chi connectivity index (χ4v) is 4.92. The van der Waals surface area contributed by atoms with E-state index in [9.17, 15) is 26.7 Å². The van der Waals surface area contributed by atoms with Crippen LogP contribution in [-0.4, -0.2) is 36.8 Å². The number of carbonyl (C=O) groups excluding carboxylic acids is 1. The van der Waals surface area contributed by atoms with Gasteiger partial charge in [0, 0.05) is 42.9 Å². The van der Waals surface area contributed by atoms with E-state index in [4.69, 9.17) is 16.3 Å². The minimum atomic E-state index is -4.62.